The second-order valence-electron chi connectivity index (χ2n) is 3.98. The minimum atomic E-state index is 0.576. The van der Waals surface area contributed by atoms with Crippen LogP contribution in [0.5, 0.6) is 0 Å². The molecule has 5 nitrogen and oxygen atoms in total. The molecule has 0 aliphatic carbocycles. The van der Waals surface area contributed by atoms with Crippen LogP contribution in [0.1, 0.15) is 24.3 Å². The van der Waals surface area contributed by atoms with Crippen LogP contribution in [-0.4, -0.2) is 33.5 Å². The molecule has 3 rings (SSSR count). The Balaban J connectivity index is 1.95. The molecule has 78 valence electrons. The van der Waals surface area contributed by atoms with Gasteiger partial charge < -0.3 is 5.32 Å². The third-order valence-corrected chi connectivity index (χ3v) is 2.96. The fourth-order valence-electron chi connectivity index (χ4n) is 2.12. The predicted octanol–water partition coefficient (Wildman–Crippen LogP) is 0.820. The van der Waals surface area contributed by atoms with Gasteiger partial charge in [-0.25, -0.2) is 4.98 Å². The van der Waals surface area contributed by atoms with Crippen molar-refractivity contribution >= 4 is 11.2 Å². The van der Waals surface area contributed by atoms with Crippen molar-refractivity contribution in [2.45, 2.75) is 18.8 Å². The molecule has 1 atom stereocenters. The van der Waals surface area contributed by atoms with E-state index < -0.39 is 0 Å². The van der Waals surface area contributed by atoms with E-state index in [-0.39, 0.29) is 0 Å². The summed E-state index contributed by atoms with van der Waals surface area (Å²) in [5, 5.41) is 14.0. The Morgan fingerprint density at radius 2 is 2.33 bits per heavy atom. The van der Waals surface area contributed by atoms with E-state index in [4.69, 9.17) is 0 Å². The summed E-state index contributed by atoms with van der Waals surface area (Å²) in [4.78, 5) is 4.28. The molecule has 1 aliphatic heterocycles. The molecular weight excluding hydrogens is 190 g/mol. The Morgan fingerprint density at radius 3 is 3.20 bits per heavy atom. The van der Waals surface area contributed by atoms with Crippen LogP contribution in [0.4, 0.5) is 0 Å². The highest BCUT2D eigenvalue weighted by atomic mass is 15.3. The van der Waals surface area contributed by atoms with Crippen LogP contribution in [0.2, 0.25) is 0 Å². The molecule has 15 heavy (non-hydrogen) atoms. The van der Waals surface area contributed by atoms with Crippen LogP contribution in [0.15, 0.2) is 12.3 Å². The van der Waals surface area contributed by atoms with Crippen LogP contribution in [0, 0.1) is 0 Å². The van der Waals surface area contributed by atoms with E-state index in [2.05, 4.69) is 31.8 Å². The van der Waals surface area contributed by atoms with Gasteiger partial charge >= 0.3 is 0 Å². The van der Waals surface area contributed by atoms with Gasteiger partial charge in [-0.15, -0.1) is 5.10 Å². The molecule has 1 unspecified atom stereocenters. The highest BCUT2D eigenvalue weighted by Gasteiger charge is 2.16. The average molecular weight is 203 g/mol. The van der Waals surface area contributed by atoms with Crippen molar-refractivity contribution in [1.82, 2.24) is 25.7 Å². The fourth-order valence-corrected chi connectivity index (χ4v) is 2.12. The van der Waals surface area contributed by atoms with Crippen LogP contribution in [0.3, 0.4) is 0 Å². The molecule has 2 aromatic heterocycles. The molecule has 3 heterocycles. The zero-order valence-corrected chi connectivity index (χ0v) is 8.40. The zero-order chi connectivity index (χ0) is 10.1. The Hall–Kier alpha value is -1.49. The molecule has 1 saturated heterocycles. The van der Waals surface area contributed by atoms with Gasteiger partial charge in [-0.3, -0.25) is 0 Å². The van der Waals surface area contributed by atoms with E-state index in [0.717, 1.165) is 18.6 Å². The number of rotatable bonds is 1. The monoisotopic (exact) mass is 203 g/mol. The summed E-state index contributed by atoms with van der Waals surface area (Å²) in [6.07, 6.45) is 4.39. The minimum absolute atomic E-state index is 0.576. The highest BCUT2D eigenvalue weighted by molar-refractivity contribution is 5.69. The van der Waals surface area contributed by atoms with Gasteiger partial charge in [0.05, 0.1) is 0 Å². The number of nitrogens with zero attached hydrogens (tertiary/aromatic N) is 3. The van der Waals surface area contributed by atoms with Crippen molar-refractivity contribution in [2.24, 2.45) is 0 Å². The van der Waals surface area contributed by atoms with E-state index in [1.165, 1.54) is 18.4 Å². The number of piperidine rings is 1. The topological polar surface area (TPSA) is 66.5 Å². The molecule has 5 heteroatoms. The SMILES string of the molecule is c1nc2n[nH]nc2cc1C1CCCNC1. The van der Waals surface area contributed by atoms with E-state index in [0.29, 0.717) is 11.6 Å². The molecule has 2 N–H and O–H groups in total. The number of H-pyrrole nitrogens is 1. The van der Waals surface area contributed by atoms with E-state index >= 15 is 0 Å². The number of fused-ring (bicyclic) bond motifs is 1. The number of pyridine rings is 1. The van der Waals surface area contributed by atoms with Gasteiger partial charge in [0.25, 0.3) is 0 Å². The molecule has 0 bridgehead atoms. The molecular formula is C10H13N5. The standard InChI is InChI=1S/C10H13N5/c1-2-7(5-11-3-1)8-4-9-10(12-6-8)14-15-13-9/h4,6-7,11H,1-3,5H2,(H,12,13,14,15). The molecule has 2 aromatic rings. The number of hydrogen-bond acceptors (Lipinski definition) is 4. The maximum atomic E-state index is 4.28. The highest BCUT2D eigenvalue weighted by Crippen LogP contribution is 2.23. The van der Waals surface area contributed by atoms with Gasteiger partial charge in [0.1, 0.15) is 5.52 Å². The summed E-state index contributed by atoms with van der Waals surface area (Å²) in [7, 11) is 0. The Bertz CT molecular complexity index is 458. The first-order valence-corrected chi connectivity index (χ1v) is 5.30. The smallest absolute Gasteiger partial charge is 0.201 e. The van der Waals surface area contributed by atoms with Gasteiger partial charge in [0.15, 0.2) is 0 Å². The average Bonchev–Trinajstić information content (AvgIpc) is 2.77. The van der Waals surface area contributed by atoms with Crippen LogP contribution < -0.4 is 5.32 Å². The Kier molecular flexibility index (Phi) is 2.10. The second-order valence-corrected chi connectivity index (χ2v) is 3.98. The zero-order valence-electron chi connectivity index (χ0n) is 8.40. The summed E-state index contributed by atoms with van der Waals surface area (Å²) in [6.45, 7) is 2.18. The maximum Gasteiger partial charge on any atom is 0.201 e. The normalized spacial score (nSPS) is 22.0. The molecule has 1 aliphatic rings. The van der Waals surface area contributed by atoms with Crippen molar-refractivity contribution in [2.75, 3.05) is 13.1 Å². The van der Waals surface area contributed by atoms with Crippen LogP contribution >= 0.6 is 0 Å². The summed E-state index contributed by atoms with van der Waals surface area (Å²) in [6, 6.07) is 2.09. The lowest BCUT2D eigenvalue weighted by atomic mass is 9.93. The summed E-state index contributed by atoms with van der Waals surface area (Å²) >= 11 is 0. The maximum absolute atomic E-state index is 4.28. The Morgan fingerprint density at radius 1 is 1.33 bits per heavy atom. The first-order valence-electron chi connectivity index (χ1n) is 5.30. The van der Waals surface area contributed by atoms with Gasteiger partial charge in [-0.05, 0) is 36.9 Å². The van der Waals surface area contributed by atoms with Gasteiger partial charge in [-0.1, -0.05) is 0 Å². The van der Waals surface area contributed by atoms with E-state index in [1.807, 2.05) is 6.20 Å². The molecule has 0 radical (unpaired) electrons. The minimum Gasteiger partial charge on any atom is -0.316 e. The van der Waals surface area contributed by atoms with Crippen molar-refractivity contribution in [3.63, 3.8) is 0 Å². The third kappa shape index (κ3) is 1.59. The van der Waals surface area contributed by atoms with Gasteiger partial charge in [0.2, 0.25) is 5.65 Å². The number of hydrogen-bond donors (Lipinski definition) is 2. The largest absolute Gasteiger partial charge is 0.316 e. The van der Waals surface area contributed by atoms with Crippen molar-refractivity contribution < 1.29 is 0 Å². The van der Waals surface area contributed by atoms with Crippen molar-refractivity contribution in [3.8, 4) is 0 Å². The number of aromatic nitrogens is 4. The van der Waals surface area contributed by atoms with Crippen molar-refractivity contribution in [3.05, 3.63) is 17.8 Å². The lowest BCUT2D eigenvalue weighted by molar-refractivity contribution is 0.461. The quantitative estimate of drug-likeness (QED) is 0.720. The van der Waals surface area contributed by atoms with Crippen molar-refractivity contribution in [1.29, 1.82) is 0 Å². The molecule has 0 saturated carbocycles. The second kappa shape index (κ2) is 3.58. The van der Waals surface area contributed by atoms with Crippen LogP contribution in [-0.2, 0) is 0 Å². The third-order valence-electron chi connectivity index (χ3n) is 2.96. The molecule has 0 spiro atoms. The van der Waals surface area contributed by atoms with Gasteiger partial charge in [-0.2, -0.15) is 10.3 Å². The first-order chi connectivity index (χ1) is 7.43. The molecule has 0 aromatic carbocycles. The molecule has 1 fully saturated rings. The summed E-state index contributed by atoms with van der Waals surface area (Å²) < 4.78 is 0. The van der Waals surface area contributed by atoms with Gasteiger partial charge in [0, 0.05) is 12.7 Å². The number of nitrogens with one attached hydrogen (secondary N) is 2. The van der Waals surface area contributed by atoms with E-state index in [9.17, 15) is 0 Å². The Labute approximate surface area is 87.3 Å². The lowest BCUT2D eigenvalue weighted by Gasteiger charge is -2.22. The first kappa shape index (κ1) is 8.79. The molecule has 0 amide bonds. The fraction of sp³-hybridized carbons (Fsp3) is 0.500. The predicted molar refractivity (Wildman–Crippen MR) is 56.5 cm³/mol. The number of aromatic amines is 1. The lowest BCUT2D eigenvalue weighted by Crippen LogP contribution is -2.28. The van der Waals surface area contributed by atoms with E-state index in [1.54, 1.807) is 0 Å². The van der Waals surface area contributed by atoms with Crippen LogP contribution in [0.25, 0.3) is 11.2 Å². The summed E-state index contributed by atoms with van der Waals surface area (Å²) in [5.41, 5.74) is 2.82. The summed E-state index contributed by atoms with van der Waals surface area (Å²) in [5.74, 6) is 0.576.